The summed E-state index contributed by atoms with van der Waals surface area (Å²) < 4.78 is 7.23. The monoisotopic (exact) mass is 341 g/mol. The molecule has 0 unspecified atom stereocenters. The molecule has 3 aromatic rings. The SMILES string of the molecule is c1cc2c(ncn3nnc(C4CCC(NN5CCOCC5)CC4)c23)[nH]1. The fourth-order valence-corrected chi connectivity index (χ4v) is 4.14. The summed E-state index contributed by atoms with van der Waals surface area (Å²) in [5.74, 6) is 0.473. The maximum atomic E-state index is 5.42. The molecule has 25 heavy (non-hydrogen) atoms. The van der Waals surface area contributed by atoms with Gasteiger partial charge in [0.25, 0.3) is 0 Å². The number of aromatic nitrogens is 5. The van der Waals surface area contributed by atoms with Gasteiger partial charge in [-0.1, -0.05) is 5.21 Å². The van der Waals surface area contributed by atoms with Crippen molar-refractivity contribution in [2.24, 2.45) is 0 Å². The maximum absolute atomic E-state index is 5.42. The van der Waals surface area contributed by atoms with Gasteiger partial charge in [-0.3, -0.25) is 5.43 Å². The van der Waals surface area contributed by atoms with Crippen LogP contribution in [0.4, 0.5) is 0 Å². The fraction of sp³-hybridized carbons (Fsp3) is 0.588. The lowest BCUT2D eigenvalue weighted by Gasteiger charge is -2.35. The first-order chi connectivity index (χ1) is 12.4. The minimum absolute atomic E-state index is 0.473. The van der Waals surface area contributed by atoms with Gasteiger partial charge in [0.1, 0.15) is 17.5 Å². The van der Waals surface area contributed by atoms with Gasteiger partial charge in [0.05, 0.1) is 18.9 Å². The number of hydrogen-bond donors (Lipinski definition) is 2. The van der Waals surface area contributed by atoms with E-state index in [0.29, 0.717) is 12.0 Å². The lowest BCUT2D eigenvalue weighted by atomic mass is 9.84. The number of ether oxygens (including phenoxy) is 1. The average Bonchev–Trinajstić information content (AvgIpc) is 3.29. The van der Waals surface area contributed by atoms with E-state index in [4.69, 9.17) is 4.74 Å². The van der Waals surface area contributed by atoms with Crippen molar-refractivity contribution in [1.82, 2.24) is 35.2 Å². The van der Waals surface area contributed by atoms with Gasteiger partial charge in [-0.05, 0) is 31.7 Å². The first kappa shape index (κ1) is 15.2. The fourth-order valence-electron chi connectivity index (χ4n) is 4.14. The molecule has 2 N–H and O–H groups in total. The molecule has 8 nitrogen and oxygen atoms in total. The van der Waals surface area contributed by atoms with Crippen LogP contribution in [0.3, 0.4) is 0 Å². The molecule has 0 spiro atoms. The van der Waals surface area contributed by atoms with Crippen molar-refractivity contribution in [1.29, 1.82) is 0 Å². The highest BCUT2D eigenvalue weighted by atomic mass is 16.5. The molecular weight excluding hydrogens is 318 g/mol. The van der Waals surface area contributed by atoms with E-state index >= 15 is 0 Å². The van der Waals surface area contributed by atoms with Crippen LogP contribution in [-0.4, -0.2) is 62.1 Å². The summed E-state index contributed by atoms with van der Waals surface area (Å²) in [6.07, 6.45) is 8.30. The van der Waals surface area contributed by atoms with E-state index in [1.807, 2.05) is 10.7 Å². The van der Waals surface area contributed by atoms with Crippen LogP contribution >= 0.6 is 0 Å². The Morgan fingerprint density at radius 2 is 2.00 bits per heavy atom. The van der Waals surface area contributed by atoms with Gasteiger partial charge in [-0.15, -0.1) is 5.10 Å². The first-order valence-electron chi connectivity index (χ1n) is 9.14. The van der Waals surface area contributed by atoms with Crippen molar-refractivity contribution in [2.45, 2.75) is 37.6 Å². The molecule has 4 heterocycles. The lowest BCUT2D eigenvalue weighted by Crippen LogP contribution is -2.50. The summed E-state index contributed by atoms with van der Waals surface area (Å²) >= 11 is 0. The molecule has 0 radical (unpaired) electrons. The van der Waals surface area contributed by atoms with Gasteiger partial charge < -0.3 is 9.72 Å². The summed E-state index contributed by atoms with van der Waals surface area (Å²) in [5.41, 5.74) is 6.81. The lowest BCUT2D eigenvalue weighted by molar-refractivity contribution is -0.000152. The minimum Gasteiger partial charge on any atom is -0.379 e. The summed E-state index contributed by atoms with van der Waals surface area (Å²) in [4.78, 5) is 7.56. The van der Waals surface area contributed by atoms with Crippen molar-refractivity contribution in [3.8, 4) is 0 Å². The van der Waals surface area contributed by atoms with E-state index in [2.05, 4.69) is 36.8 Å². The smallest absolute Gasteiger partial charge is 0.141 e. The third kappa shape index (κ3) is 2.80. The zero-order valence-corrected chi connectivity index (χ0v) is 14.2. The topological polar surface area (TPSA) is 83.4 Å². The van der Waals surface area contributed by atoms with E-state index in [0.717, 1.165) is 61.4 Å². The van der Waals surface area contributed by atoms with Crippen molar-refractivity contribution >= 4 is 16.6 Å². The molecule has 0 amide bonds. The zero-order valence-electron chi connectivity index (χ0n) is 14.2. The number of nitrogens with one attached hydrogen (secondary N) is 2. The first-order valence-corrected chi connectivity index (χ1v) is 9.14. The van der Waals surface area contributed by atoms with E-state index in [1.165, 1.54) is 12.8 Å². The molecular formula is C17H23N7O. The Morgan fingerprint density at radius 3 is 2.84 bits per heavy atom. The zero-order chi connectivity index (χ0) is 16.6. The summed E-state index contributed by atoms with van der Waals surface area (Å²) in [6.45, 7) is 3.62. The van der Waals surface area contributed by atoms with E-state index in [9.17, 15) is 0 Å². The third-order valence-corrected chi connectivity index (χ3v) is 5.49. The van der Waals surface area contributed by atoms with Crippen LogP contribution in [0.1, 0.15) is 37.3 Å². The van der Waals surface area contributed by atoms with Gasteiger partial charge in [0.15, 0.2) is 0 Å². The molecule has 1 aliphatic heterocycles. The molecule has 0 bridgehead atoms. The summed E-state index contributed by atoms with van der Waals surface area (Å²) in [5, 5.41) is 12.2. The van der Waals surface area contributed by atoms with Crippen molar-refractivity contribution in [2.75, 3.05) is 26.3 Å². The molecule has 3 aromatic heterocycles. The Labute approximate surface area is 145 Å². The van der Waals surface area contributed by atoms with Gasteiger partial charge >= 0.3 is 0 Å². The predicted molar refractivity (Wildman–Crippen MR) is 93.2 cm³/mol. The number of nitrogens with zero attached hydrogens (tertiary/aromatic N) is 5. The van der Waals surface area contributed by atoms with Crippen LogP contribution < -0.4 is 5.43 Å². The van der Waals surface area contributed by atoms with Gasteiger partial charge in [-0.2, -0.15) is 0 Å². The Morgan fingerprint density at radius 1 is 1.16 bits per heavy atom. The standard InChI is InChI=1S/C17H23N7O/c1-3-13(21-23-7-9-25-10-8-23)4-2-12(1)15-16-14-5-6-18-17(14)19-11-24(16)22-20-15/h5-6,11-13,18,21H,1-4,7-10H2. The highest BCUT2D eigenvalue weighted by Gasteiger charge is 2.28. The number of H-pyrrole nitrogens is 1. The summed E-state index contributed by atoms with van der Waals surface area (Å²) in [7, 11) is 0. The van der Waals surface area contributed by atoms with E-state index < -0.39 is 0 Å². The van der Waals surface area contributed by atoms with Gasteiger partial charge in [0.2, 0.25) is 0 Å². The van der Waals surface area contributed by atoms with Gasteiger partial charge in [-0.25, -0.2) is 14.5 Å². The minimum atomic E-state index is 0.473. The van der Waals surface area contributed by atoms with Crippen molar-refractivity contribution < 1.29 is 4.74 Å². The molecule has 2 aliphatic rings. The number of aromatic amines is 1. The highest BCUT2D eigenvalue weighted by Crippen LogP contribution is 2.35. The molecule has 8 heteroatoms. The molecule has 2 fully saturated rings. The van der Waals surface area contributed by atoms with E-state index in [-0.39, 0.29) is 0 Å². The predicted octanol–water partition coefficient (Wildman–Crippen LogP) is 1.47. The van der Waals surface area contributed by atoms with Crippen molar-refractivity contribution in [3.63, 3.8) is 0 Å². The van der Waals surface area contributed by atoms with Crippen LogP contribution in [0.25, 0.3) is 16.6 Å². The number of hydrazine groups is 1. The Bertz CT molecular complexity index is 858. The van der Waals surface area contributed by atoms with Crippen LogP contribution in [-0.2, 0) is 4.74 Å². The molecule has 132 valence electrons. The maximum Gasteiger partial charge on any atom is 0.141 e. The quantitative estimate of drug-likeness (QED) is 0.751. The third-order valence-electron chi connectivity index (χ3n) is 5.49. The highest BCUT2D eigenvalue weighted by molar-refractivity contribution is 5.92. The van der Waals surface area contributed by atoms with Crippen LogP contribution in [0.2, 0.25) is 0 Å². The van der Waals surface area contributed by atoms with Crippen LogP contribution in [0.15, 0.2) is 18.6 Å². The molecule has 1 saturated heterocycles. The average molecular weight is 341 g/mol. The summed E-state index contributed by atoms with van der Waals surface area (Å²) in [6, 6.07) is 2.63. The second-order valence-corrected chi connectivity index (χ2v) is 7.03. The Kier molecular flexibility index (Phi) is 3.88. The van der Waals surface area contributed by atoms with Gasteiger partial charge in [0, 0.05) is 36.6 Å². The van der Waals surface area contributed by atoms with Crippen LogP contribution in [0.5, 0.6) is 0 Å². The molecule has 1 aliphatic carbocycles. The largest absolute Gasteiger partial charge is 0.379 e. The number of rotatable bonds is 3. The number of morpholine rings is 1. The van der Waals surface area contributed by atoms with E-state index in [1.54, 1.807) is 6.33 Å². The van der Waals surface area contributed by atoms with Crippen molar-refractivity contribution in [3.05, 3.63) is 24.3 Å². The normalized spacial score (nSPS) is 25.8. The number of hydrogen-bond acceptors (Lipinski definition) is 6. The Hall–Kier alpha value is -2.03. The Balaban J connectivity index is 1.32. The van der Waals surface area contributed by atoms with Crippen LogP contribution in [0, 0.1) is 0 Å². The molecule has 0 aromatic carbocycles. The molecule has 5 rings (SSSR count). The second kappa shape index (κ2) is 6.36. The number of fused-ring (bicyclic) bond motifs is 3. The molecule has 1 saturated carbocycles. The second-order valence-electron chi connectivity index (χ2n) is 7.03. The molecule has 0 atom stereocenters.